The largest absolute Gasteiger partial charge is 0.358 e. The van der Waals surface area contributed by atoms with Crippen LogP contribution in [-0.2, 0) is 0 Å². The van der Waals surface area contributed by atoms with E-state index in [9.17, 15) is 18.0 Å². The van der Waals surface area contributed by atoms with Crippen LogP contribution in [0.4, 0.5) is 13.2 Å². The second kappa shape index (κ2) is 3.35. The first-order valence-electron chi connectivity index (χ1n) is 5.28. The van der Waals surface area contributed by atoms with Gasteiger partial charge in [-0.25, -0.2) is 13.2 Å². The van der Waals surface area contributed by atoms with Crippen molar-refractivity contribution in [3.63, 3.8) is 0 Å². The van der Waals surface area contributed by atoms with E-state index in [1.54, 1.807) is 0 Å². The highest BCUT2D eigenvalue weighted by Crippen LogP contribution is 2.39. The third-order valence-electron chi connectivity index (χ3n) is 2.99. The molecule has 1 fully saturated rings. The predicted molar refractivity (Wildman–Crippen MR) is 56.4 cm³/mol. The predicted octanol–water partition coefficient (Wildman–Crippen LogP) is 2.82. The van der Waals surface area contributed by atoms with Gasteiger partial charge in [0.05, 0.1) is 10.9 Å². The lowest BCUT2D eigenvalue weighted by Crippen LogP contribution is -2.09. The summed E-state index contributed by atoms with van der Waals surface area (Å²) in [6.45, 7) is 0. The zero-order chi connectivity index (χ0) is 12.2. The van der Waals surface area contributed by atoms with Crippen molar-refractivity contribution in [1.82, 2.24) is 4.98 Å². The van der Waals surface area contributed by atoms with Crippen LogP contribution in [-0.4, -0.2) is 4.98 Å². The molecular formula is C12H8F3NO. The van der Waals surface area contributed by atoms with Crippen molar-refractivity contribution in [1.29, 1.82) is 0 Å². The third-order valence-corrected chi connectivity index (χ3v) is 2.99. The number of hydrogen-bond acceptors (Lipinski definition) is 1. The Morgan fingerprint density at radius 3 is 2.47 bits per heavy atom. The van der Waals surface area contributed by atoms with Crippen LogP contribution in [0.1, 0.15) is 24.5 Å². The van der Waals surface area contributed by atoms with Crippen molar-refractivity contribution in [2.24, 2.45) is 0 Å². The lowest BCUT2D eigenvalue weighted by atomic mass is 10.1. The molecule has 1 heterocycles. The highest BCUT2D eigenvalue weighted by molar-refractivity contribution is 5.79. The van der Waals surface area contributed by atoms with E-state index in [4.69, 9.17) is 0 Å². The smallest absolute Gasteiger partial charge is 0.195 e. The first-order chi connectivity index (χ1) is 8.08. The highest BCUT2D eigenvalue weighted by Gasteiger charge is 2.26. The van der Waals surface area contributed by atoms with E-state index in [0.29, 0.717) is 5.69 Å². The Bertz CT molecular complexity index is 673. The van der Waals surface area contributed by atoms with E-state index in [-0.39, 0.29) is 11.4 Å². The summed E-state index contributed by atoms with van der Waals surface area (Å²) in [7, 11) is 0. The molecule has 0 spiro atoms. The number of fused-ring (bicyclic) bond motifs is 1. The van der Waals surface area contributed by atoms with Crippen LogP contribution in [0.2, 0.25) is 0 Å². The van der Waals surface area contributed by atoms with Gasteiger partial charge in [0.2, 0.25) is 0 Å². The first kappa shape index (κ1) is 10.4. The minimum atomic E-state index is -1.61. The van der Waals surface area contributed by atoms with Gasteiger partial charge < -0.3 is 4.98 Å². The summed E-state index contributed by atoms with van der Waals surface area (Å²) in [5, 5.41) is -0.423. The van der Waals surface area contributed by atoms with Crippen molar-refractivity contribution in [2.45, 2.75) is 18.8 Å². The van der Waals surface area contributed by atoms with E-state index < -0.39 is 28.3 Å². The maximum Gasteiger partial charge on any atom is 0.195 e. The molecule has 0 bridgehead atoms. The highest BCUT2D eigenvalue weighted by atomic mass is 19.2. The zero-order valence-electron chi connectivity index (χ0n) is 8.69. The van der Waals surface area contributed by atoms with Gasteiger partial charge in [-0.3, -0.25) is 4.79 Å². The van der Waals surface area contributed by atoms with E-state index >= 15 is 0 Å². The number of halogens is 3. The first-order valence-corrected chi connectivity index (χ1v) is 5.28. The molecule has 0 aliphatic heterocycles. The SMILES string of the molecule is O=c1cc(C2CC2)[nH]c2cc(F)c(F)c(F)c12. The fourth-order valence-corrected chi connectivity index (χ4v) is 1.95. The lowest BCUT2D eigenvalue weighted by Gasteiger charge is -2.05. The molecule has 1 aliphatic rings. The average Bonchev–Trinajstić information content (AvgIpc) is 3.08. The van der Waals surface area contributed by atoms with Crippen LogP contribution in [0.3, 0.4) is 0 Å². The second-order valence-electron chi connectivity index (χ2n) is 4.27. The number of pyridine rings is 1. The summed E-state index contributed by atoms with van der Waals surface area (Å²) < 4.78 is 39.5. The lowest BCUT2D eigenvalue weighted by molar-refractivity contribution is 0.453. The Labute approximate surface area is 94.1 Å². The number of aromatic amines is 1. The Morgan fingerprint density at radius 2 is 1.82 bits per heavy atom. The molecule has 1 saturated carbocycles. The van der Waals surface area contributed by atoms with Gasteiger partial charge in [-0.05, 0) is 18.8 Å². The minimum Gasteiger partial charge on any atom is -0.358 e. The molecule has 0 atom stereocenters. The molecule has 0 amide bonds. The van der Waals surface area contributed by atoms with Crippen molar-refractivity contribution in [2.75, 3.05) is 0 Å². The van der Waals surface area contributed by atoms with Gasteiger partial charge in [0.25, 0.3) is 0 Å². The normalized spacial score (nSPS) is 15.5. The van der Waals surface area contributed by atoms with Crippen LogP contribution >= 0.6 is 0 Å². The topological polar surface area (TPSA) is 32.9 Å². The van der Waals surface area contributed by atoms with Crippen molar-refractivity contribution < 1.29 is 13.2 Å². The van der Waals surface area contributed by atoms with Crippen LogP contribution in [0.25, 0.3) is 10.9 Å². The van der Waals surface area contributed by atoms with Crippen molar-refractivity contribution >= 4 is 10.9 Å². The van der Waals surface area contributed by atoms with Gasteiger partial charge in [-0.2, -0.15) is 0 Å². The Balaban J connectivity index is 2.39. The monoisotopic (exact) mass is 239 g/mol. The number of rotatable bonds is 1. The van der Waals surface area contributed by atoms with E-state index in [0.717, 1.165) is 18.9 Å². The Morgan fingerprint density at radius 1 is 1.12 bits per heavy atom. The maximum atomic E-state index is 13.4. The van der Waals surface area contributed by atoms with Crippen molar-refractivity contribution in [3.8, 4) is 0 Å². The average molecular weight is 239 g/mol. The number of aromatic nitrogens is 1. The van der Waals surface area contributed by atoms with Gasteiger partial charge in [-0.1, -0.05) is 0 Å². The summed E-state index contributed by atoms with van der Waals surface area (Å²) in [6.07, 6.45) is 1.90. The molecule has 17 heavy (non-hydrogen) atoms. The zero-order valence-corrected chi connectivity index (χ0v) is 8.69. The molecule has 2 aromatic rings. The number of hydrogen-bond donors (Lipinski definition) is 1. The molecule has 1 aromatic heterocycles. The van der Waals surface area contributed by atoms with Gasteiger partial charge in [0, 0.05) is 17.8 Å². The molecule has 2 nitrogen and oxygen atoms in total. The summed E-state index contributed by atoms with van der Waals surface area (Å²) >= 11 is 0. The molecule has 3 rings (SSSR count). The number of nitrogens with one attached hydrogen (secondary N) is 1. The third kappa shape index (κ3) is 1.53. The molecule has 0 radical (unpaired) electrons. The quantitative estimate of drug-likeness (QED) is 0.762. The number of H-pyrrole nitrogens is 1. The molecule has 1 N–H and O–H groups in total. The second-order valence-corrected chi connectivity index (χ2v) is 4.27. The standard InChI is InChI=1S/C12H8F3NO/c13-6-3-8-10(12(15)11(6)14)9(17)4-7(16-8)5-1-2-5/h3-5H,1-2H2,(H,16,17). The van der Waals surface area contributed by atoms with Gasteiger partial charge in [-0.15, -0.1) is 0 Å². The maximum absolute atomic E-state index is 13.4. The summed E-state index contributed by atoms with van der Waals surface area (Å²) in [5.74, 6) is -4.08. The summed E-state index contributed by atoms with van der Waals surface area (Å²) in [5.41, 5.74) is 0.0563. The van der Waals surface area contributed by atoms with Gasteiger partial charge in [0.15, 0.2) is 22.9 Å². The fraction of sp³-hybridized carbons (Fsp3) is 0.250. The molecule has 5 heteroatoms. The van der Waals surface area contributed by atoms with E-state index in [1.165, 1.54) is 6.07 Å². The van der Waals surface area contributed by atoms with Crippen LogP contribution < -0.4 is 5.43 Å². The van der Waals surface area contributed by atoms with Crippen LogP contribution in [0.15, 0.2) is 16.9 Å². The van der Waals surface area contributed by atoms with Crippen LogP contribution in [0.5, 0.6) is 0 Å². The van der Waals surface area contributed by atoms with E-state index in [1.807, 2.05) is 0 Å². The summed E-state index contributed by atoms with van der Waals surface area (Å²) in [6, 6.07) is 2.08. The minimum absolute atomic E-state index is 0.0100. The molecule has 1 aliphatic carbocycles. The van der Waals surface area contributed by atoms with Crippen LogP contribution in [0, 0.1) is 17.5 Å². The van der Waals surface area contributed by atoms with Gasteiger partial charge >= 0.3 is 0 Å². The fourth-order valence-electron chi connectivity index (χ4n) is 1.95. The molecule has 1 aromatic carbocycles. The Kier molecular flexibility index (Phi) is 2.05. The summed E-state index contributed by atoms with van der Waals surface area (Å²) in [4.78, 5) is 14.5. The molecular weight excluding hydrogens is 231 g/mol. The van der Waals surface area contributed by atoms with Gasteiger partial charge in [0.1, 0.15) is 0 Å². The Hall–Kier alpha value is -1.78. The number of benzene rings is 1. The van der Waals surface area contributed by atoms with E-state index in [2.05, 4.69) is 4.98 Å². The molecule has 88 valence electrons. The van der Waals surface area contributed by atoms with Crippen molar-refractivity contribution in [3.05, 3.63) is 45.5 Å². The molecule has 0 unspecified atom stereocenters. The molecule has 0 saturated heterocycles.